The molecule has 12 nitrogen and oxygen atoms in total. The molecule has 1 unspecified atom stereocenters. The summed E-state index contributed by atoms with van der Waals surface area (Å²) in [4.78, 5) is 46.0. The van der Waals surface area contributed by atoms with Gasteiger partial charge in [-0.15, -0.1) is 0 Å². The summed E-state index contributed by atoms with van der Waals surface area (Å²) < 4.78 is 37.2. The van der Waals surface area contributed by atoms with Crippen molar-refractivity contribution in [1.29, 1.82) is 0 Å². The lowest BCUT2D eigenvalue weighted by atomic mass is 10.1. The first kappa shape index (κ1) is 66.5. The molecule has 2 heterocycles. The second-order valence-corrected chi connectivity index (χ2v) is 18.5. The lowest BCUT2D eigenvalue weighted by molar-refractivity contribution is -0.161. The Hall–Kier alpha value is -9.73. The van der Waals surface area contributed by atoms with Crippen LogP contribution in [-0.4, -0.2) is 57.3 Å². The average Bonchev–Trinajstić information content (AvgIpc) is 2.99. The number of aryl methyl sites for hydroxylation is 1. The van der Waals surface area contributed by atoms with Crippen molar-refractivity contribution in [1.82, 2.24) is 14.5 Å². The predicted octanol–water partition coefficient (Wildman–Crippen LogP) is 9.76. The molecule has 0 aliphatic rings. The number of nitrogens with zero attached hydrogens (tertiary/aromatic N) is 3. The number of hydrogen-bond donors (Lipinski definition) is 2. The van der Waals surface area contributed by atoms with Crippen molar-refractivity contribution in [2.45, 2.75) is 143 Å². The molecule has 2 atom stereocenters. The van der Waals surface area contributed by atoms with Gasteiger partial charge in [0.15, 0.2) is 11.9 Å². The van der Waals surface area contributed by atoms with E-state index in [0.717, 1.165) is 93.8 Å². The summed E-state index contributed by atoms with van der Waals surface area (Å²) in [6.45, 7) is 4.50. The molecule has 0 aliphatic carbocycles. The van der Waals surface area contributed by atoms with Crippen molar-refractivity contribution in [2.24, 2.45) is 0 Å². The molecular formula is C69H63N4O8P. The van der Waals surface area contributed by atoms with Crippen LogP contribution in [0.5, 0.6) is 0 Å². The monoisotopic (exact) mass is 1110 g/mol. The van der Waals surface area contributed by atoms with Gasteiger partial charge in [-0.25, -0.2) is 14.5 Å². The number of imidazole rings is 1. The van der Waals surface area contributed by atoms with E-state index in [2.05, 4.69) is 178 Å². The third kappa shape index (κ3) is 31.6. The maximum atomic E-state index is 13.3. The van der Waals surface area contributed by atoms with Crippen LogP contribution in [-0.2, 0) is 45.6 Å². The Morgan fingerprint density at radius 2 is 1.09 bits per heavy atom. The third-order valence-electron chi connectivity index (χ3n) is 10.8. The molecule has 0 amide bonds. The molecule has 13 heteroatoms. The Kier molecular flexibility index (Phi) is 35.8. The number of unbranched alkanes of at least 4 members (excludes halogenated alkanes) is 11. The number of fused-ring (bicyclic) bond motifs is 3. The Labute approximate surface area is 485 Å². The van der Waals surface area contributed by atoms with Crippen molar-refractivity contribution in [3.05, 3.63) is 54.4 Å². The molecule has 82 heavy (non-hydrogen) atoms. The van der Waals surface area contributed by atoms with Crippen LogP contribution in [0.2, 0.25) is 0 Å². The van der Waals surface area contributed by atoms with Gasteiger partial charge < -0.3 is 24.7 Å². The summed E-state index contributed by atoms with van der Waals surface area (Å²) >= 11 is 0. The fourth-order valence-corrected chi connectivity index (χ4v) is 7.81. The fourth-order valence-electron chi connectivity index (χ4n) is 7.07. The van der Waals surface area contributed by atoms with E-state index in [4.69, 9.17) is 29.2 Å². The number of rotatable bonds is 29. The SMILES string of the molecule is CC#CC#CC#CC#CC#CC#CC#C/C=C/CCCCCCCC(=O)OC[C@H](COP(=O)(O)OCCn1c(CCCC)nc2c(N)nc3ccccc3c21)OC(=O)CCCCCCC/C=C/C#CC#CC#CC#CC#CC#CC#CC. The second kappa shape index (κ2) is 44.2. The smallest absolute Gasteiger partial charge is 0.462 e. The third-order valence-corrected chi connectivity index (χ3v) is 11.8. The second-order valence-electron chi connectivity index (χ2n) is 17.1. The number of esters is 2. The van der Waals surface area contributed by atoms with Gasteiger partial charge in [0, 0.05) is 31.2 Å². The fraction of sp³-hybridized carbons (Fsp3) is 0.362. The molecule has 0 saturated heterocycles. The highest BCUT2D eigenvalue weighted by atomic mass is 31.2. The molecule has 0 radical (unpaired) electrons. The van der Waals surface area contributed by atoms with Gasteiger partial charge in [-0.1, -0.05) is 106 Å². The maximum absolute atomic E-state index is 13.3. The van der Waals surface area contributed by atoms with Gasteiger partial charge in [-0.3, -0.25) is 18.6 Å². The van der Waals surface area contributed by atoms with Crippen LogP contribution >= 0.6 is 7.82 Å². The van der Waals surface area contributed by atoms with Gasteiger partial charge in [-0.05, 0) is 219 Å². The number of phosphoric ester groups is 1. The lowest BCUT2D eigenvalue weighted by Gasteiger charge is -2.20. The summed E-state index contributed by atoms with van der Waals surface area (Å²) in [6.07, 6.45) is 19.1. The van der Waals surface area contributed by atoms with Crippen LogP contribution in [0.25, 0.3) is 21.9 Å². The number of aromatic nitrogens is 3. The first-order valence-corrected chi connectivity index (χ1v) is 28.3. The number of para-hydroxylation sites is 1. The van der Waals surface area contributed by atoms with Gasteiger partial charge in [0.05, 0.1) is 24.2 Å². The van der Waals surface area contributed by atoms with Crippen LogP contribution in [0.15, 0.2) is 48.6 Å². The van der Waals surface area contributed by atoms with Crippen molar-refractivity contribution in [3.63, 3.8) is 0 Å². The minimum Gasteiger partial charge on any atom is -0.462 e. The normalized spacial score (nSPS) is 10.3. The molecule has 3 rings (SSSR count). The van der Waals surface area contributed by atoms with Crippen LogP contribution < -0.4 is 5.73 Å². The number of carbonyl (C=O) groups excluding carboxylic acids is 2. The van der Waals surface area contributed by atoms with Crippen LogP contribution in [0.3, 0.4) is 0 Å². The quantitative estimate of drug-likeness (QED) is 0.0294. The van der Waals surface area contributed by atoms with Gasteiger partial charge in [0.1, 0.15) is 17.9 Å². The van der Waals surface area contributed by atoms with Gasteiger partial charge >= 0.3 is 19.8 Å². The largest absolute Gasteiger partial charge is 0.472 e. The maximum Gasteiger partial charge on any atom is 0.472 e. The number of nitrogens with two attached hydrogens (primary N) is 1. The number of benzene rings is 1. The molecule has 1 aromatic carbocycles. The van der Waals surface area contributed by atoms with Gasteiger partial charge in [-0.2, -0.15) is 0 Å². The highest BCUT2D eigenvalue weighted by molar-refractivity contribution is 7.47. The molecular weight excluding hydrogens is 1040 g/mol. The summed E-state index contributed by atoms with van der Waals surface area (Å²) in [5, 5.41) is 0.836. The first-order chi connectivity index (χ1) is 40.2. The van der Waals surface area contributed by atoms with E-state index in [0.29, 0.717) is 30.3 Å². The van der Waals surface area contributed by atoms with Crippen molar-refractivity contribution < 1.29 is 37.6 Å². The number of nitrogen functional groups attached to an aromatic ring is 1. The van der Waals surface area contributed by atoms with Crippen LogP contribution in [0.1, 0.15) is 129 Å². The highest BCUT2D eigenvalue weighted by Gasteiger charge is 2.27. The molecule has 3 N–H and O–H groups in total. The van der Waals surface area contributed by atoms with Crippen molar-refractivity contribution >= 4 is 47.5 Å². The Morgan fingerprint density at radius 3 is 1.61 bits per heavy atom. The number of allylic oxidation sites excluding steroid dienone is 4. The topological polar surface area (TPSA) is 165 Å². The van der Waals surface area contributed by atoms with Crippen LogP contribution in [0.4, 0.5) is 5.82 Å². The number of hydrogen-bond acceptors (Lipinski definition) is 10. The highest BCUT2D eigenvalue weighted by Crippen LogP contribution is 2.43. The minimum atomic E-state index is -4.69. The number of phosphoric acid groups is 1. The number of carbonyl (C=O) groups is 2. The lowest BCUT2D eigenvalue weighted by Crippen LogP contribution is -2.29. The van der Waals surface area contributed by atoms with E-state index in [9.17, 15) is 19.0 Å². The van der Waals surface area contributed by atoms with E-state index >= 15 is 0 Å². The van der Waals surface area contributed by atoms with Crippen molar-refractivity contribution in [3.8, 4) is 166 Å². The summed E-state index contributed by atoms with van der Waals surface area (Å²) in [6, 6.07) is 7.56. The van der Waals surface area contributed by atoms with E-state index < -0.39 is 32.5 Å². The predicted molar refractivity (Wildman–Crippen MR) is 324 cm³/mol. The molecule has 0 fully saturated rings. The average molecular weight is 1110 g/mol. The van der Waals surface area contributed by atoms with E-state index in [-0.39, 0.29) is 38.4 Å². The summed E-state index contributed by atoms with van der Waals surface area (Å²) in [7, 11) is -4.69. The van der Waals surface area contributed by atoms with E-state index in [1.54, 1.807) is 26.0 Å². The van der Waals surface area contributed by atoms with E-state index in [1.807, 2.05) is 41.0 Å². The molecule has 412 valence electrons. The molecule has 3 aromatic rings. The minimum absolute atomic E-state index is 0.104. The molecule has 2 aromatic heterocycles. The molecule has 0 bridgehead atoms. The number of anilines is 1. The zero-order chi connectivity index (χ0) is 58.8. The zero-order valence-corrected chi connectivity index (χ0v) is 47.6. The molecule has 0 spiro atoms. The van der Waals surface area contributed by atoms with Gasteiger partial charge in [0.25, 0.3) is 0 Å². The van der Waals surface area contributed by atoms with Crippen LogP contribution in [0, 0.1) is 166 Å². The van der Waals surface area contributed by atoms with Gasteiger partial charge in [0.2, 0.25) is 0 Å². The number of pyridine rings is 1. The summed E-state index contributed by atoms with van der Waals surface area (Å²) in [5.41, 5.74) is 8.34. The summed E-state index contributed by atoms with van der Waals surface area (Å²) in [5.74, 6) is 73.0. The first-order valence-electron chi connectivity index (χ1n) is 26.8. The Morgan fingerprint density at radius 1 is 0.610 bits per heavy atom. The Bertz CT molecular complexity index is 3740. The number of ether oxygens (including phenoxy) is 2. The zero-order valence-electron chi connectivity index (χ0n) is 46.7. The van der Waals surface area contributed by atoms with E-state index in [1.165, 1.54) is 0 Å². The van der Waals surface area contributed by atoms with Crippen molar-refractivity contribution in [2.75, 3.05) is 25.6 Å². The molecule has 0 saturated carbocycles. The standard InChI is InChI=1S/C69H63N4O8P/c1-4-7-10-12-14-16-18-20-22-24-26-28-30-32-34-36-38-40-42-44-46-48-55-65(74)78-59-61(81-66(75)56-49-47-45-43-41-39-37-35-33-31-29-27-25-23-21-19-17-15-13-11-8-5-2)60-80-82(76,77)79-58-57-73-64(54-9-6-3)72-67-68(73)62-52-50-51-53-63(62)71-69(67)70/h34-37,50-53,61H,6,9,38-49,54-60H2,1-3H3,(H2,70,71)(H,76,77)/b36-34+,37-35+/t61-/m1/s1. The molecule has 0 aliphatic heterocycles. The Balaban J connectivity index is 1.46.